The number of Topliss-reactive ketones (excluding diaryl/α,β-unsaturated/α-hetero) is 1. The van der Waals surface area contributed by atoms with E-state index in [1.807, 2.05) is 0 Å². The molecule has 0 atom stereocenters. The summed E-state index contributed by atoms with van der Waals surface area (Å²) < 4.78 is 6.75. The molecule has 13 heteroatoms. The largest absolute Gasteiger partial charge is 0.379 e. The van der Waals surface area contributed by atoms with E-state index in [4.69, 9.17) is 22.1 Å². The van der Waals surface area contributed by atoms with Crippen LogP contribution in [-0.2, 0) is 32.1 Å². The number of primary amides is 1. The van der Waals surface area contributed by atoms with E-state index < -0.39 is 11.8 Å². The fourth-order valence-electron chi connectivity index (χ4n) is 4.77. The molecule has 2 aromatic heterocycles. The Kier molecular flexibility index (Phi) is 8.38. The number of ether oxygens (including phenoxy) is 1. The van der Waals surface area contributed by atoms with Gasteiger partial charge in [-0.25, -0.2) is 4.98 Å². The van der Waals surface area contributed by atoms with E-state index in [2.05, 4.69) is 20.3 Å². The van der Waals surface area contributed by atoms with Crippen molar-refractivity contribution in [2.45, 2.75) is 31.8 Å². The molecule has 0 radical (unpaired) electrons. The quantitative estimate of drug-likeness (QED) is 0.328. The number of nitrogens with one attached hydrogen (secondary N) is 1. The lowest BCUT2D eigenvalue weighted by atomic mass is 10.0. The van der Waals surface area contributed by atoms with Crippen LogP contribution in [0.1, 0.15) is 28.9 Å². The van der Waals surface area contributed by atoms with Crippen molar-refractivity contribution in [2.24, 2.45) is 5.73 Å². The number of nitrogens with two attached hydrogens (primary N) is 1. The second kappa shape index (κ2) is 12.1. The molecule has 2 aliphatic rings. The molecule has 1 aliphatic carbocycles. The maximum Gasteiger partial charge on any atom is 0.269 e. The van der Waals surface area contributed by atoms with E-state index in [9.17, 15) is 19.2 Å². The van der Waals surface area contributed by atoms with Crippen LogP contribution < -0.4 is 11.1 Å². The number of morpholine rings is 1. The first-order valence-electron chi connectivity index (χ1n) is 13.1. The van der Waals surface area contributed by atoms with Crippen molar-refractivity contribution in [2.75, 3.05) is 44.7 Å². The minimum Gasteiger partial charge on any atom is -0.379 e. The van der Waals surface area contributed by atoms with Gasteiger partial charge in [0, 0.05) is 30.9 Å². The van der Waals surface area contributed by atoms with Crippen LogP contribution in [0.25, 0.3) is 10.9 Å². The van der Waals surface area contributed by atoms with Crippen molar-refractivity contribution in [3.63, 3.8) is 0 Å². The Labute approximate surface area is 235 Å². The fraction of sp³-hybridized carbons (Fsp3) is 0.407. The molecule has 12 nitrogen and oxygen atoms in total. The van der Waals surface area contributed by atoms with Gasteiger partial charge in [-0.1, -0.05) is 23.7 Å². The summed E-state index contributed by atoms with van der Waals surface area (Å²) in [4.78, 5) is 58.5. The number of anilines is 1. The molecule has 3 heterocycles. The Morgan fingerprint density at radius 3 is 2.58 bits per heavy atom. The van der Waals surface area contributed by atoms with Crippen molar-refractivity contribution in [3.05, 3.63) is 52.8 Å². The summed E-state index contributed by atoms with van der Waals surface area (Å²) in [5, 5.41) is 7.70. The van der Waals surface area contributed by atoms with Crippen LogP contribution in [-0.4, -0.2) is 93.5 Å². The second-order valence-corrected chi connectivity index (χ2v) is 10.4. The van der Waals surface area contributed by atoms with Gasteiger partial charge in [0.15, 0.2) is 11.5 Å². The summed E-state index contributed by atoms with van der Waals surface area (Å²) >= 11 is 5.89. The van der Waals surface area contributed by atoms with Crippen LogP contribution in [0.5, 0.6) is 0 Å². The molecule has 1 aliphatic heterocycles. The zero-order valence-electron chi connectivity index (χ0n) is 21.8. The van der Waals surface area contributed by atoms with E-state index in [1.54, 1.807) is 36.4 Å². The topological polar surface area (TPSA) is 153 Å². The number of fused-ring (bicyclic) bond motifs is 1. The third-order valence-corrected chi connectivity index (χ3v) is 7.05. The van der Waals surface area contributed by atoms with Crippen LogP contribution in [0.2, 0.25) is 5.15 Å². The van der Waals surface area contributed by atoms with Gasteiger partial charge in [0.1, 0.15) is 24.1 Å². The molecular formula is C27H30ClN7O5. The fourth-order valence-corrected chi connectivity index (χ4v) is 4.94. The number of pyridine rings is 1. The number of hydrogen-bond donors (Lipinski definition) is 2. The number of carbonyl (C=O) groups is 4. The molecule has 210 valence electrons. The Balaban J connectivity index is 1.29. The molecule has 3 aromatic rings. The van der Waals surface area contributed by atoms with Crippen molar-refractivity contribution in [1.29, 1.82) is 0 Å². The lowest BCUT2D eigenvalue weighted by Gasteiger charge is -2.25. The van der Waals surface area contributed by atoms with E-state index >= 15 is 0 Å². The van der Waals surface area contributed by atoms with Gasteiger partial charge in [-0.05, 0) is 42.7 Å². The maximum absolute atomic E-state index is 13.3. The standard InChI is InChI=1S/C27H30ClN7O5/c28-22-2-1-3-23(30-22)31-24(37)15-34(18-5-6-18)25(38)16-35-21-7-4-17(13-20(21)26(32-35)27(29)39)12-19(36)14-33-8-10-40-11-9-33/h1-4,7,13,18H,5-6,8-12,14-16H2,(H2,29,39)(H,30,31,37). The minimum atomic E-state index is -0.736. The molecule has 40 heavy (non-hydrogen) atoms. The Morgan fingerprint density at radius 1 is 1.10 bits per heavy atom. The molecule has 0 bridgehead atoms. The molecule has 0 unspecified atom stereocenters. The summed E-state index contributed by atoms with van der Waals surface area (Å²) in [6, 6.07) is 10.1. The predicted octanol–water partition coefficient (Wildman–Crippen LogP) is 1.26. The van der Waals surface area contributed by atoms with Crippen molar-refractivity contribution < 1.29 is 23.9 Å². The third-order valence-electron chi connectivity index (χ3n) is 6.84. The highest BCUT2D eigenvalue weighted by Crippen LogP contribution is 2.28. The number of carbonyl (C=O) groups excluding carboxylic acids is 4. The number of hydrogen-bond acceptors (Lipinski definition) is 8. The zero-order valence-corrected chi connectivity index (χ0v) is 22.6. The van der Waals surface area contributed by atoms with Crippen molar-refractivity contribution in [3.8, 4) is 0 Å². The van der Waals surface area contributed by atoms with Crippen molar-refractivity contribution in [1.82, 2.24) is 24.6 Å². The summed E-state index contributed by atoms with van der Waals surface area (Å²) in [7, 11) is 0. The normalized spacial score (nSPS) is 15.6. The number of nitrogens with zero attached hydrogens (tertiary/aromatic N) is 5. The SMILES string of the molecule is NC(=O)c1nn(CC(=O)N(CC(=O)Nc2cccc(Cl)n2)C2CC2)c2ccc(CC(=O)CN3CCOCC3)cc12. The molecular weight excluding hydrogens is 538 g/mol. The highest BCUT2D eigenvalue weighted by molar-refractivity contribution is 6.29. The molecule has 3 amide bonds. The zero-order chi connectivity index (χ0) is 28.2. The van der Waals surface area contributed by atoms with Gasteiger partial charge in [-0.2, -0.15) is 5.10 Å². The molecule has 0 spiro atoms. The number of halogens is 1. The van der Waals surface area contributed by atoms with Gasteiger partial charge in [-0.15, -0.1) is 0 Å². The van der Waals surface area contributed by atoms with Gasteiger partial charge >= 0.3 is 0 Å². The Morgan fingerprint density at radius 2 is 1.88 bits per heavy atom. The van der Waals surface area contributed by atoms with Gasteiger partial charge in [0.05, 0.1) is 25.3 Å². The summed E-state index contributed by atoms with van der Waals surface area (Å²) in [6.45, 7) is 2.65. The summed E-state index contributed by atoms with van der Waals surface area (Å²) in [5.74, 6) is -1.10. The van der Waals surface area contributed by atoms with Crippen molar-refractivity contribution >= 4 is 51.8 Å². The lowest BCUT2D eigenvalue weighted by molar-refractivity contribution is -0.135. The number of aromatic nitrogens is 3. The Hall–Kier alpha value is -3.87. The molecule has 5 rings (SSSR count). The van der Waals surface area contributed by atoms with Crippen LogP contribution in [0.15, 0.2) is 36.4 Å². The first-order chi connectivity index (χ1) is 19.3. The highest BCUT2D eigenvalue weighted by atomic mass is 35.5. The van der Waals surface area contributed by atoms with Gasteiger partial charge < -0.3 is 20.7 Å². The predicted molar refractivity (Wildman–Crippen MR) is 147 cm³/mol. The van der Waals surface area contributed by atoms with E-state index in [0.717, 1.165) is 18.4 Å². The van der Waals surface area contributed by atoms with E-state index in [0.29, 0.717) is 49.6 Å². The van der Waals surface area contributed by atoms with Crippen LogP contribution in [0, 0.1) is 0 Å². The Bertz CT molecular complexity index is 1450. The average molecular weight is 568 g/mol. The maximum atomic E-state index is 13.3. The van der Waals surface area contributed by atoms with Gasteiger partial charge in [0.25, 0.3) is 5.91 Å². The van der Waals surface area contributed by atoms with E-state index in [1.165, 1.54) is 9.58 Å². The molecule has 1 saturated carbocycles. The lowest BCUT2D eigenvalue weighted by Crippen LogP contribution is -2.41. The monoisotopic (exact) mass is 567 g/mol. The average Bonchev–Trinajstić information content (AvgIpc) is 3.69. The third kappa shape index (κ3) is 6.82. The second-order valence-electron chi connectivity index (χ2n) is 9.97. The number of ketones is 1. The van der Waals surface area contributed by atoms with Crippen LogP contribution in [0.3, 0.4) is 0 Å². The summed E-state index contributed by atoms with van der Waals surface area (Å²) in [5.41, 5.74) is 6.89. The number of benzene rings is 1. The van der Waals surface area contributed by atoms with Crippen LogP contribution in [0.4, 0.5) is 5.82 Å². The smallest absolute Gasteiger partial charge is 0.269 e. The number of rotatable bonds is 11. The first-order valence-corrected chi connectivity index (χ1v) is 13.5. The van der Waals surface area contributed by atoms with Crippen LogP contribution >= 0.6 is 11.6 Å². The molecule has 1 saturated heterocycles. The molecule has 2 fully saturated rings. The molecule has 1 aromatic carbocycles. The molecule has 3 N–H and O–H groups in total. The van der Waals surface area contributed by atoms with Gasteiger partial charge in [0.2, 0.25) is 11.8 Å². The first kappa shape index (κ1) is 27.7. The van der Waals surface area contributed by atoms with E-state index in [-0.39, 0.29) is 48.1 Å². The summed E-state index contributed by atoms with van der Waals surface area (Å²) in [6.07, 6.45) is 1.78. The highest BCUT2D eigenvalue weighted by Gasteiger charge is 2.34. The minimum absolute atomic E-state index is 0.0213. The van der Waals surface area contributed by atoms with Gasteiger partial charge in [-0.3, -0.25) is 28.8 Å². The number of amides is 3.